The van der Waals surface area contributed by atoms with Crippen LogP contribution in [0, 0.1) is 10.8 Å². The van der Waals surface area contributed by atoms with Crippen LogP contribution in [0.3, 0.4) is 0 Å². The average molecular weight is 713 g/mol. The molecule has 0 aliphatic rings. The molecule has 0 saturated heterocycles. The van der Waals surface area contributed by atoms with Crippen LogP contribution in [-0.4, -0.2) is 154 Å². The predicted octanol–water partition coefficient (Wildman–Crippen LogP) is -2.71. The Morgan fingerprint density at radius 3 is 0.681 bits per heavy atom. The molecule has 0 unspecified atom stereocenters. The lowest BCUT2D eigenvalue weighted by Crippen LogP contribution is -2.38. The first kappa shape index (κ1) is 58.4. The molecule has 0 atom stereocenters. The first-order valence-electron chi connectivity index (χ1n) is 11.7. The minimum atomic E-state index is -4.64. The summed E-state index contributed by atoms with van der Waals surface area (Å²) in [6.45, 7) is 10.7. The molecule has 0 aliphatic heterocycles. The van der Waals surface area contributed by atoms with Gasteiger partial charge < -0.3 is 71.1 Å². The Kier molecular flexibility index (Phi) is 47.3. The maximum absolute atomic E-state index is 10.3. The van der Waals surface area contributed by atoms with E-state index in [4.69, 9.17) is 71.1 Å². The monoisotopic (exact) mass is 712 g/mol. The molecule has 0 radical (unpaired) electrons. The topological polar surface area (TPSA) is 395 Å². The Bertz CT molecular complexity index is 818. The fourth-order valence-corrected chi connectivity index (χ4v) is 1.25. The third-order valence-corrected chi connectivity index (χ3v) is 4.23. The summed E-state index contributed by atoms with van der Waals surface area (Å²) in [5.41, 5.74) is -2.53. The van der Waals surface area contributed by atoms with Crippen LogP contribution in [0.1, 0.15) is 0 Å². The van der Waals surface area contributed by atoms with Gasteiger partial charge in [-0.3, -0.25) is 4.52 Å². The number of aliphatic hydroxyl groups is 7. The van der Waals surface area contributed by atoms with Gasteiger partial charge in [-0.2, -0.15) is 0 Å². The van der Waals surface area contributed by atoms with Crippen molar-refractivity contribution in [3.63, 3.8) is 0 Å². The standard InChI is InChI=1S/C5H13O7P.C5H12O4.5C3H4O2/c6-1-5(2-7,3-8)4-12-13(9,10)11;6-1-5(2-7,3-8)4-9;5*1-2-3(4)5/h6-8H,1-4H2,(H2,9,10,11);6-9H,1-4H2;5*2H,1H2,(H,4,5). The lowest BCUT2D eigenvalue weighted by atomic mass is 9.93. The van der Waals surface area contributed by atoms with Crippen LogP contribution in [0.25, 0.3) is 0 Å². The Morgan fingerprint density at radius 1 is 0.468 bits per heavy atom. The fraction of sp³-hybridized carbons (Fsp3) is 0.400. The SMILES string of the molecule is C=CC(=O)O.C=CC(=O)O.C=CC(=O)O.C=CC(=O)O.C=CC(=O)O.O=P(O)(O)OCC(CO)(CO)CO.OCC(CO)(CO)CO. The largest absolute Gasteiger partial charge is 0.478 e. The van der Waals surface area contributed by atoms with Crippen molar-refractivity contribution < 1.29 is 104 Å². The summed E-state index contributed by atoms with van der Waals surface area (Å²) in [6.07, 6.45) is 4.17. The zero-order valence-corrected chi connectivity index (χ0v) is 26.0. The second-order valence-electron chi connectivity index (χ2n) is 7.58. The molecule has 14 N–H and O–H groups in total. The highest BCUT2D eigenvalue weighted by Gasteiger charge is 2.31. The quantitative estimate of drug-likeness (QED) is 0.0606. The molecule has 0 amide bonds. The molecule has 0 heterocycles. The summed E-state index contributed by atoms with van der Waals surface area (Å²) in [7, 11) is -4.64. The van der Waals surface area contributed by atoms with Crippen LogP contribution >= 0.6 is 7.82 Å². The van der Waals surface area contributed by atoms with Crippen LogP contribution in [0.5, 0.6) is 0 Å². The Morgan fingerprint density at radius 2 is 0.617 bits per heavy atom. The summed E-state index contributed by atoms with van der Waals surface area (Å²) < 4.78 is 14.3. The van der Waals surface area contributed by atoms with Gasteiger partial charge in [0, 0.05) is 30.4 Å². The first-order chi connectivity index (χ1) is 21.5. The lowest BCUT2D eigenvalue weighted by molar-refractivity contribution is -0.132. The highest BCUT2D eigenvalue weighted by atomic mass is 31.2. The number of phosphoric acid groups is 1. The summed E-state index contributed by atoms with van der Waals surface area (Å²) in [4.78, 5) is 62.9. The molecule has 22 heteroatoms. The van der Waals surface area contributed by atoms with E-state index in [1.807, 2.05) is 0 Å². The number of aliphatic carboxylic acids is 5. The van der Waals surface area contributed by atoms with Gasteiger partial charge in [-0.05, 0) is 0 Å². The summed E-state index contributed by atoms with van der Waals surface area (Å²) in [5.74, 6) is -4.91. The molecular formula is C25H45O21P. The fourth-order valence-electron chi connectivity index (χ4n) is 0.808. The van der Waals surface area contributed by atoms with E-state index < -0.39 is 101 Å². The molecule has 0 bridgehead atoms. The van der Waals surface area contributed by atoms with Gasteiger partial charge in [-0.25, -0.2) is 28.5 Å². The van der Waals surface area contributed by atoms with Crippen LogP contribution in [-0.2, 0) is 33.1 Å². The van der Waals surface area contributed by atoms with E-state index in [0.29, 0.717) is 0 Å². The molecule has 47 heavy (non-hydrogen) atoms. The molecule has 21 nitrogen and oxygen atoms in total. The molecule has 0 aromatic rings. The van der Waals surface area contributed by atoms with E-state index in [-0.39, 0.29) is 0 Å². The number of hydrogen-bond donors (Lipinski definition) is 14. The van der Waals surface area contributed by atoms with Gasteiger partial charge in [0.15, 0.2) is 0 Å². The van der Waals surface area contributed by atoms with Gasteiger partial charge in [0.25, 0.3) is 0 Å². The molecule has 0 fully saturated rings. The van der Waals surface area contributed by atoms with Crippen LogP contribution in [0.15, 0.2) is 63.3 Å². The third kappa shape index (κ3) is 58.0. The van der Waals surface area contributed by atoms with E-state index in [1.54, 1.807) is 0 Å². The molecule has 276 valence electrons. The van der Waals surface area contributed by atoms with Gasteiger partial charge in [0.1, 0.15) is 0 Å². The number of carbonyl (C=O) groups is 5. The number of rotatable bonds is 15. The van der Waals surface area contributed by atoms with E-state index in [0.717, 1.165) is 30.4 Å². The second-order valence-corrected chi connectivity index (χ2v) is 8.82. The Labute approximate surface area is 269 Å². The maximum Gasteiger partial charge on any atom is 0.469 e. The van der Waals surface area contributed by atoms with Crippen LogP contribution in [0.4, 0.5) is 0 Å². The minimum Gasteiger partial charge on any atom is -0.478 e. The Hall–Kier alpha value is -4.12. The van der Waals surface area contributed by atoms with E-state index in [9.17, 15) is 28.5 Å². The number of phosphoric ester groups is 1. The third-order valence-electron chi connectivity index (χ3n) is 3.76. The van der Waals surface area contributed by atoms with Gasteiger partial charge in [0.05, 0.1) is 63.7 Å². The first-order valence-corrected chi connectivity index (χ1v) is 13.2. The zero-order valence-electron chi connectivity index (χ0n) is 25.1. The highest BCUT2D eigenvalue weighted by Crippen LogP contribution is 2.37. The van der Waals surface area contributed by atoms with Gasteiger partial charge >= 0.3 is 37.7 Å². The van der Waals surface area contributed by atoms with Crippen LogP contribution < -0.4 is 0 Å². The van der Waals surface area contributed by atoms with Crippen molar-refractivity contribution in [2.45, 2.75) is 0 Å². The van der Waals surface area contributed by atoms with Gasteiger partial charge in [-0.1, -0.05) is 32.9 Å². The van der Waals surface area contributed by atoms with Gasteiger partial charge in [-0.15, -0.1) is 0 Å². The highest BCUT2D eigenvalue weighted by molar-refractivity contribution is 7.46. The van der Waals surface area contributed by atoms with Crippen LogP contribution in [0.2, 0.25) is 0 Å². The molecule has 0 rings (SSSR count). The normalized spacial score (nSPS) is 9.38. The molecule has 0 saturated carbocycles. The number of carboxylic acids is 5. The minimum absolute atomic E-state index is 0.406. The predicted molar refractivity (Wildman–Crippen MR) is 162 cm³/mol. The van der Waals surface area contributed by atoms with E-state index in [2.05, 4.69) is 37.4 Å². The summed E-state index contributed by atoms with van der Waals surface area (Å²) in [6, 6.07) is 0. The Balaban J connectivity index is -0.0000000832. The molecule has 0 aliphatic carbocycles. The number of hydrogen-bond acceptors (Lipinski definition) is 14. The summed E-state index contributed by atoms with van der Waals surface area (Å²) in [5, 5.41) is 98.2. The summed E-state index contributed by atoms with van der Waals surface area (Å²) >= 11 is 0. The maximum atomic E-state index is 10.3. The zero-order chi connectivity index (χ0) is 39.3. The molecule has 0 spiro atoms. The van der Waals surface area contributed by atoms with Gasteiger partial charge in [0.2, 0.25) is 0 Å². The number of carboxylic acid groups (broad SMARTS) is 5. The number of aliphatic hydroxyl groups excluding tert-OH is 7. The second kappa shape index (κ2) is 38.1. The van der Waals surface area contributed by atoms with Crippen molar-refractivity contribution in [1.82, 2.24) is 0 Å². The van der Waals surface area contributed by atoms with Crippen molar-refractivity contribution >= 4 is 37.7 Å². The smallest absolute Gasteiger partial charge is 0.469 e. The van der Waals surface area contributed by atoms with Crippen molar-refractivity contribution in [3.05, 3.63) is 63.3 Å². The lowest BCUT2D eigenvalue weighted by Gasteiger charge is -2.26. The molecule has 0 aromatic carbocycles. The van der Waals surface area contributed by atoms with E-state index >= 15 is 0 Å². The van der Waals surface area contributed by atoms with E-state index in [1.165, 1.54) is 0 Å². The van der Waals surface area contributed by atoms with Crippen molar-refractivity contribution in [1.29, 1.82) is 0 Å². The average Bonchev–Trinajstić information content (AvgIpc) is 3.04. The molecule has 0 aromatic heterocycles. The van der Waals surface area contributed by atoms with Crippen molar-refractivity contribution in [2.24, 2.45) is 10.8 Å². The van der Waals surface area contributed by atoms with Crippen molar-refractivity contribution in [3.8, 4) is 0 Å². The van der Waals surface area contributed by atoms with Crippen molar-refractivity contribution in [2.75, 3.05) is 52.9 Å². The molecular weight excluding hydrogens is 667 g/mol.